The molecule has 98 valence electrons. The van der Waals surface area contributed by atoms with Crippen LogP contribution < -0.4 is 0 Å². The standard InChI is InChI=1S/C14H19ClN2O/c1-11(2)17(6-7-18-3)10-13-5-4-12(9-16)8-14(13)15/h4-5,8,11H,6-7,10H2,1-3H3. The van der Waals surface area contributed by atoms with Gasteiger partial charge in [-0.2, -0.15) is 5.26 Å². The van der Waals surface area contributed by atoms with Crippen molar-refractivity contribution >= 4 is 11.6 Å². The molecular formula is C14H19ClN2O. The number of hydrogen-bond acceptors (Lipinski definition) is 3. The third kappa shape index (κ3) is 4.30. The highest BCUT2D eigenvalue weighted by Crippen LogP contribution is 2.20. The molecule has 0 saturated heterocycles. The molecule has 0 spiro atoms. The molecule has 0 unspecified atom stereocenters. The molecule has 0 bridgehead atoms. The van der Waals surface area contributed by atoms with E-state index in [1.807, 2.05) is 6.07 Å². The Morgan fingerprint density at radius 2 is 2.17 bits per heavy atom. The average Bonchev–Trinajstić information content (AvgIpc) is 2.35. The number of rotatable bonds is 6. The minimum absolute atomic E-state index is 0.423. The number of nitrogens with zero attached hydrogens (tertiary/aromatic N) is 2. The van der Waals surface area contributed by atoms with E-state index < -0.39 is 0 Å². The fourth-order valence-electron chi connectivity index (χ4n) is 1.69. The van der Waals surface area contributed by atoms with E-state index >= 15 is 0 Å². The predicted molar refractivity (Wildman–Crippen MR) is 73.6 cm³/mol. The average molecular weight is 267 g/mol. The van der Waals surface area contributed by atoms with Gasteiger partial charge in [-0.05, 0) is 31.5 Å². The molecule has 0 heterocycles. The molecule has 0 radical (unpaired) electrons. The number of nitriles is 1. The maximum absolute atomic E-state index is 8.80. The molecule has 1 aromatic carbocycles. The first-order valence-electron chi connectivity index (χ1n) is 6.00. The topological polar surface area (TPSA) is 36.3 Å². The van der Waals surface area contributed by atoms with Gasteiger partial charge in [0, 0.05) is 31.3 Å². The smallest absolute Gasteiger partial charge is 0.0992 e. The maximum atomic E-state index is 8.80. The van der Waals surface area contributed by atoms with Crippen LogP contribution in [0.15, 0.2) is 18.2 Å². The van der Waals surface area contributed by atoms with E-state index in [9.17, 15) is 0 Å². The van der Waals surface area contributed by atoms with E-state index in [1.54, 1.807) is 19.2 Å². The Balaban J connectivity index is 2.78. The third-order valence-corrected chi connectivity index (χ3v) is 3.22. The quantitative estimate of drug-likeness (QED) is 0.794. The molecular weight excluding hydrogens is 248 g/mol. The predicted octanol–water partition coefficient (Wildman–Crippen LogP) is 3.07. The van der Waals surface area contributed by atoms with Crippen LogP contribution in [-0.4, -0.2) is 31.2 Å². The van der Waals surface area contributed by atoms with Crippen LogP contribution in [0.3, 0.4) is 0 Å². The van der Waals surface area contributed by atoms with Crippen molar-refractivity contribution in [3.8, 4) is 6.07 Å². The lowest BCUT2D eigenvalue weighted by atomic mass is 10.1. The van der Waals surface area contributed by atoms with Crippen LogP contribution in [0.5, 0.6) is 0 Å². The van der Waals surface area contributed by atoms with Gasteiger partial charge in [0.05, 0.1) is 18.2 Å². The molecule has 0 saturated carbocycles. The molecule has 0 N–H and O–H groups in total. The van der Waals surface area contributed by atoms with Crippen LogP contribution in [-0.2, 0) is 11.3 Å². The van der Waals surface area contributed by atoms with Crippen LogP contribution in [0, 0.1) is 11.3 Å². The number of methoxy groups -OCH3 is 1. The normalized spacial score (nSPS) is 10.9. The second-order valence-electron chi connectivity index (χ2n) is 4.48. The highest BCUT2D eigenvalue weighted by atomic mass is 35.5. The van der Waals surface area contributed by atoms with Gasteiger partial charge in [-0.15, -0.1) is 0 Å². The molecule has 0 amide bonds. The summed E-state index contributed by atoms with van der Waals surface area (Å²) in [6.45, 7) is 6.63. The summed E-state index contributed by atoms with van der Waals surface area (Å²) in [5.41, 5.74) is 1.64. The van der Waals surface area contributed by atoms with Gasteiger partial charge in [0.1, 0.15) is 0 Å². The van der Waals surface area contributed by atoms with Crippen molar-refractivity contribution in [2.45, 2.75) is 26.4 Å². The first-order valence-corrected chi connectivity index (χ1v) is 6.37. The Kier molecular flexibility index (Phi) is 6.14. The Labute approximate surface area is 114 Å². The summed E-state index contributed by atoms with van der Waals surface area (Å²) >= 11 is 6.18. The summed E-state index contributed by atoms with van der Waals surface area (Å²) in [6, 6.07) is 7.95. The zero-order chi connectivity index (χ0) is 13.5. The van der Waals surface area contributed by atoms with E-state index in [-0.39, 0.29) is 0 Å². The lowest BCUT2D eigenvalue weighted by Gasteiger charge is -2.26. The minimum atomic E-state index is 0.423. The molecule has 0 aliphatic rings. The molecule has 3 nitrogen and oxygen atoms in total. The van der Waals surface area contributed by atoms with Crippen LogP contribution in [0.2, 0.25) is 5.02 Å². The van der Waals surface area contributed by atoms with Crippen LogP contribution in [0.1, 0.15) is 25.0 Å². The van der Waals surface area contributed by atoms with E-state index in [0.29, 0.717) is 23.2 Å². The van der Waals surface area contributed by atoms with E-state index in [2.05, 4.69) is 24.8 Å². The number of hydrogen-bond donors (Lipinski definition) is 0. The van der Waals surface area contributed by atoms with Crippen LogP contribution in [0.25, 0.3) is 0 Å². The lowest BCUT2D eigenvalue weighted by molar-refractivity contribution is 0.125. The van der Waals surface area contributed by atoms with Crippen molar-refractivity contribution in [1.29, 1.82) is 5.26 Å². The van der Waals surface area contributed by atoms with Crippen molar-refractivity contribution in [3.63, 3.8) is 0 Å². The molecule has 0 aliphatic carbocycles. The minimum Gasteiger partial charge on any atom is -0.383 e. The van der Waals surface area contributed by atoms with Crippen molar-refractivity contribution < 1.29 is 4.74 Å². The molecule has 0 aliphatic heterocycles. The highest BCUT2D eigenvalue weighted by molar-refractivity contribution is 6.31. The Morgan fingerprint density at radius 1 is 1.44 bits per heavy atom. The summed E-state index contributed by atoms with van der Waals surface area (Å²) in [4.78, 5) is 2.29. The van der Waals surface area contributed by atoms with Gasteiger partial charge in [-0.25, -0.2) is 0 Å². The molecule has 0 atom stereocenters. The van der Waals surface area contributed by atoms with Gasteiger partial charge in [-0.1, -0.05) is 17.7 Å². The van der Waals surface area contributed by atoms with Gasteiger partial charge in [0.15, 0.2) is 0 Å². The zero-order valence-electron chi connectivity index (χ0n) is 11.1. The highest BCUT2D eigenvalue weighted by Gasteiger charge is 2.12. The molecule has 0 fully saturated rings. The fourth-order valence-corrected chi connectivity index (χ4v) is 1.93. The largest absolute Gasteiger partial charge is 0.383 e. The number of ether oxygens (including phenoxy) is 1. The Bertz CT molecular complexity index is 426. The van der Waals surface area contributed by atoms with Gasteiger partial charge < -0.3 is 4.74 Å². The Morgan fingerprint density at radius 3 is 2.67 bits per heavy atom. The SMILES string of the molecule is COCCN(Cc1ccc(C#N)cc1Cl)C(C)C. The first kappa shape index (κ1) is 15.0. The monoisotopic (exact) mass is 266 g/mol. The maximum Gasteiger partial charge on any atom is 0.0992 e. The van der Waals surface area contributed by atoms with Crippen molar-refractivity contribution in [1.82, 2.24) is 4.90 Å². The van der Waals surface area contributed by atoms with Crippen molar-refractivity contribution in [2.75, 3.05) is 20.3 Å². The summed E-state index contributed by atoms with van der Waals surface area (Å²) in [5.74, 6) is 0. The van der Waals surface area contributed by atoms with E-state index in [1.165, 1.54) is 0 Å². The van der Waals surface area contributed by atoms with Crippen molar-refractivity contribution in [3.05, 3.63) is 34.3 Å². The number of halogens is 1. The molecule has 18 heavy (non-hydrogen) atoms. The molecule has 1 aromatic rings. The fraction of sp³-hybridized carbons (Fsp3) is 0.500. The van der Waals surface area contributed by atoms with Gasteiger partial charge >= 0.3 is 0 Å². The van der Waals surface area contributed by atoms with Gasteiger partial charge in [-0.3, -0.25) is 4.90 Å². The van der Waals surface area contributed by atoms with Gasteiger partial charge in [0.25, 0.3) is 0 Å². The van der Waals surface area contributed by atoms with Crippen LogP contribution >= 0.6 is 11.6 Å². The lowest BCUT2D eigenvalue weighted by Crippen LogP contribution is -2.33. The summed E-state index contributed by atoms with van der Waals surface area (Å²) < 4.78 is 5.11. The second kappa shape index (κ2) is 7.38. The second-order valence-corrected chi connectivity index (χ2v) is 4.88. The zero-order valence-corrected chi connectivity index (χ0v) is 11.9. The third-order valence-electron chi connectivity index (χ3n) is 2.87. The number of benzene rings is 1. The van der Waals surface area contributed by atoms with Crippen molar-refractivity contribution in [2.24, 2.45) is 0 Å². The molecule has 0 aromatic heterocycles. The summed E-state index contributed by atoms with van der Waals surface area (Å²) in [7, 11) is 1.70. The van der Waals surface area contributed by atoms with Gasteiger partial charge in [0.2, 0.25) is 0 Å². The van der Waals surface area contributed by atoms with E-state index in [0.717, 1.165) is 18.7 Å². The summed E-state index contributed by atoms with van der Waals surface area (Å²) in [6.07, 6.45) is 0. The first-order chi connectivity index (χ1) is 8.58. The van der Waals surface area contributed by atoms with Crippen LogP contribution in [0.4, 0.5) is 0 Å². The molecule has 1 rings (SSSR count). The summed E-state index contributed by atoms with van der Waals surface area (Å²) in [5, 5.41) is 9.45. The molecule has 4 heteroatoms. The van der Waals surface area contributed by atoms with E-state index in [4.69, 9.17) is 21.6 Å². The Hall–Kier alpha value is -1.08.